The highest BCUT2D eigenvalue weighted by Gasteiger charge is 2.38. The van der Waals surface area contributed by atoms with Gasteiger partial charge in [0, 0.05) is 18.8 Å². The van der Waals surface area contributed by atoms with Gasteiger partial charge in [-0.15, -0.1) is 0 Å². The number of hydrogen-bond donors (Lipinski definition) is 1. The second kappa shape index (κ2) is 5.48. The van der Waals surface area contributed by atoms with Gasteiger partial charge in [-0.25, -0.2) is 0 Å². The van der Waals surface area contributed by atoms with Crippen LogP contribution in [0.5, 0.6) is 5.75 Å². The number of carbonyl (C=O) groups is 1. The number of carbonyl (C=O) groups excluding carboxylic acids is 1. The highest BCUT2D eigenvalue weighted by molar-refractivity contribution is 5.81. The molecule has 1 fully saturated rings. The van der Waals surface area contributed by atoms with Crippen LogP contribution in [-0.2, 0) is 9.53 Å². The van der Waals surface area contributed by atoms with Crippen LogP contribution in [0.3, 0.4) is 0 Å². The fourth-order valence-corrected chi connectivity index (χ4v) is 2.36. The Balaban J connectivity index is 2.01. The third-order valence-corrected chi connectivity index (χ3v) is 3.69. The van der Waals surface area contributed by atoms with Gasteiger partial charge in [-0.3, -0.25) is 4.79 Å². The van der Waals surface area contributed by atoms with E-state index in [9.17, 15) is 4.79 Å². The smallest absolute Gasteiger partial charge is 0.325 e. The molecule has 1 saturated heterocycles. The number of nitrogens with two attached hydrogens (primary N) is 1. The summed E-state index contributed by atoms with van der Waals surface area (Å²) in [5.74, 6) is 0.519. The molecule has 5 heteroatoms. The van der Waals surface area contributed by atoms with Crippen molar-refractivity contribution < 1.29 is 14.3 Å². The standard InChI is InChI=1S/C14H20N2O3/c1-18-12-5-3-11(4-6-12)16-9-7-14(15,8-10-16)13(17)19-2/h3-6H,7-10,15H2,1-2H3. The van der Waals surface area contributed by atoms with Crippen LogP contribution in [0.25, 0.3) is 0 Å². The van der Waals surface area contributed by atoms with Crippen LogP contribution < -0.4 is 15.4 Å². The minimum absolute atomic E-state index is 0.318. The van der Waals surface area contributed by atoms with E-state index >= 15 is 0 Å². The second-order valence-electron chi connectivity index (χ2n) is 4.83. The van der Waals surface area contributed by atoms with Crippen molar-refractivity contribution in [3.8, 4) is 5.75 Å². The molecule has 2 N–H and O–H groups in total. The van der Waals surface area contributed by atoms with Gasteiger partial charge in [0.2, 0.25) is 0 Å². The summed E-state index contributed by atoms with van der Waals surface area (Å²) >= 11 is 0. The van der Waals surface area contributed by atoms with Crippen LogP contribution >= 0.6 is 0 Å². The van der Waals surface area contributed by atoms with Crippen molar-refractivity contribution in [1.82, 2.24) is 0 Å². The second-order valence-corrected chi connectivity index (χ2v) is 4.83. The maximum Gasteiger partial charge on any atom is 0.325 e. The first kappa shape index (κ1) is 13.7. The van der Waals surface area contributed by atoms with E-state index in [4.69, 9.17) is 15.2 Å². The van der Waals surface area contributed by atoms with Crippen LogP contribution in [0.15, 0.2) is 24.3 Å². The number of benzene rings is 1. The predicted molar refractivity (Wildman–Crippen MR) is 73.4 cm³/mol. The monoisotopic (exact) mass is 264 g/mol. The quantitative estimate of drug-likeness (QED) is 0.830. The molecule has 0 aromatic heterocycles. The van der Waals surface area contributed by atoms with E-state index < -0.39 is 5.54 Å². The molecule has 1 heterocycles. The number of esters is 1. The Morgan fingerprint density at radius 2 is 1.79 bits per heavy atom. The lowest BCUT2D eigenvalue weighted by molar-refractivity contribution is -0.147. The molecule has 0 unspecified atom stereocenters. The fraction of sp³-hybridized carbons (Fsp3) is 0.500. The van der Waals surface area contributed by atoms with Gasteiger partial charge in [-0.1, -0.05) is 0 Å². The summed E-state index contributed by atoms with van der Waals surface area (Å²) in [7, 11) is 3.03. The number of piperidine rings is 1. The summed E-state index contributed by atoms with van der Waals surface area (Å²) < 4.78 is 9.90. The number of ether oxygens (including phenoxy) is 2. The average molecular weight is 264 g/mol. The van der Waals surface area contributed by atoms with E-state index in [2.05, 4.69) is 4.90 Å². The van der Waals surface area contributed by atoms with Crippen LogP contribution in [0.1, 0.15) is 12.8 Å². The van der Waals surface area contributed by atoms with Crippen LogP contribution in [0, 0.1) is 0 Å². The minimum atomic E-state index is -0.836. The van der Waals surface area contributed by atoms with E-state index in [1.165, 1.54) is 7.11 Å². The van der Waals surface area contributed by atoms with Crippen molar-refractivity contribution in [2.75, 3.05) is 32.2 Å². The van der Waals surface area contributed by atoms with Gasteiger partial charge >= 0.3 is 5.97 Å². The predicted octanol–water partition coefficient (Wildman–Crippen LogP) is 1.17. The van der Waals surface area contributed by atoms with Crippen LogP contribution in [-0.4, -0.2) is 38.8 Å². The topological polar surface area (TPSA) is 64.8 Å². The molecule has 1 aromatic carbocycles. The highest BCUT2D eigenvalue weighted by atomic mass is 16.5. The fourth-order valence-electron chi connectivity index (χ4n) is 2.36. The van der Waals surface area contributed by atoms with E-state index in [0.29, 0.717) is 12.8 Å². The number of nitrogens with zero attached hydrogens (tertiary/aromatic N) is 1. The van der Waals surface area contributed by atoms with Crippen molar-refractivity contribution in [3.63, 3.8) is 0 Å². The first-order valence-electron chi connectivity index (χ1n) is 6.35. The molecule has 1 aliphatic heterocycles. The van der Waals surface area contributed by atoms with Gasteiger partial charge in [-0.2, -0.15) is 0 Å². The van der Waals surface area contributed by atoms with Crippen molar-refractivity contribution in [2.24, 2.45) is 5.73 Å². The Labute approximate surface area is 113 Å². The summed E-state index contributed by atoms with van der Waals surface area (Å²) in [6, 6.07) is 7.89. The molecule has 5 nitrogen and oxygen atoms in total. The summed E-state index contributed by atoms with van der Waals surface area (Å²) in [4.78, 5) is 13.8. The zero-order valence-electron chi connectivity index (χ0n) is 11.4. The molecule has 0 atom stereocenters. The van der Waals surface area contributed by atoms with Gasteiger partial charge in [0.1, 0.15) is 11.3 Å². The first-order chi connectivity index (χ1) is 9.09. The molecule has 2 rings (SSSR count). The Morgan fingerprint density at radius 1 is 1.21 bits per heavy atom. The lowest BCUT2D eigenvalue weighted by atomic mass is 9.88. The Morgan fingerprint density at radius 3 is 2.26 bits per heavy atom. The van der Waals surface area contributed by atoms with Gasteiger partial charge in [-0.05, 0) is 37.1 Å². The molecular weight excluding hydrogens is 244 g/mol. The lowest BCUT2D eigenvalue weighted by Crippen LogP contribution is -2.56. The van der Waals surface area contributed by atoms with Gasteiger partial charge in [0.05, 0.1) is 14.2 Å². The Hall–Kier alpha value is -1.75. The van der Waals surface area contributed by atoms with E-state index in [-0.39, 0.29) is 5.97 Å². The van der Waals surface area contributed by atoms with Crippen molar-refractivity contribution in [3.05, 3.63) is 24.3 Å². The summed E-state index contributed by atoms with van der Waals surface area (Å²) in [5.41, 5.74) is 6.36. The molecule has 19 heavy (non-hydrogen) atoms. The normalized spacial score (nSPS) is 17.9. The average Bonchev–Trinajstić information content (AvgIpc) is 2.47. The van der Waals surface area contributed by atoms with Crippen molar-refractivity contribution in [2.45, 2.75) is 18.4 Å². The highest BCUT2D eigenvalue weighted by Crippen LogP contribution is 2.26. The van der Waals surface area contributed by atoms with E-state index in [1.807, 2.05) is 24.3 Å². The third kappa shape index (κ3) is 2.81. The summed E-state index contributed by atoms with van der Waals surface area (Å²) in [6.07, 6.45) is 1.21. The Kier molecular flexibility index (Phi) is 3.95. The molecule has 0 aliphatic carbocycles. The number of anilines is 1. The number of methoxy groups -OCH3 is 2. The molecule has 104 valence electrons. The molecule has 0 spiro atoms. The number of rotatable bonds is 3. The molecule has 0 radical (unpaired) electrons. The largest absolute Gasteiger partial charge is 0.497 e. The maximum atomic E-state index is 11.6. The lowest BCUT2D eigenvalue weighted by Gasteiger charge is -2.38. The molecule has 1 aliphatic rings. The number of hydrogen-bond acceptors (Lipinski definition) is 5. The summed E-state index contributed by atoms with van der Waals surface area (Å²) in [6.45, 7) is 1.50. The van der Waals surface area contributed by atoms with E-state index in [0.717, 1.165) is 24.5 Å². The van der Waals surface area contributed by atoms with Crippen LogP contribution in [0.4, 0.5) is 5.69 Å². The molecule has 1 aromatic rings. The molecule has 0 saturated carbocycles. The minimum Gasteiger partial charge on any atom is -0.497 e. The zero-order chi connectivity index (χ0) is 13.9. The summed E-state index contributed by atoms with van der Waals surface area (Å²) in [5, 5.41) is 0. The zero-order valence-corrected chi connectivity index (χ0v) is 11.4. The van der Waals surface area contributed by atoms with Crippen molar-refractivity contribution in [1.29, 1.82) is 0 Å². The Bertz CT molecular complexity index is 437. The van der Waals surface area contributed by atoms with Crippen LogP contribution in [0.2, 0.25) is 0 Å². The maximum absolute atomic E-state index is 11.6. The van der Waals surface area contributed by atoms with Gasteiger partial charge in [0.25, 0.3) is 0 Å². The van der Waals surface area contributed by atoms with Gasteiger partial charge in [0.15, 0.2) is 0 Å². The molecular formula is C14H20N2O3. The SMILES string of the molecule is COC(=O)C1(N)CCN(c2ccc(OC)cc2)CC1. The molecule has 0 bridgehead atoms. The molecule has 0 amide bonds. The first-order valence-corrected chi connectivity index (χ1v) is 6.35. The van der Waals surface area contributed by atoms with Crippen molar-refractivity contribution >= 4 is 11.7 Å². The van der Waals surface area contributed by atoms with Gasteiger partial charge < -0.3 is 20.1 Å². The third-order valence-electron chi connectivity index (χ3n) is 3.69. The van der Waals surface area contributed by atoms with E-state index in [1.54, 1.807) is 7.11 Å².